The summed E-state index contributed by atoms with van der Waals surface area (Å²) in [4.78, 5) is 0. The summed E-state index contributed by atoms with van der Waals surface area (Å²) < 4.78 is 0. The molecule has 1 aliphatic carbocycles. The lowest BCUT2D eigenvalue weighted by molar-refractivity contribution is 1.29. The summed E-state index contributed by atoms with van der Waals surface area (Å²) in [5.41, 5.74) is 2.78. The molecule has 0 nitrogen and oxygen atoms in total. The van der Waals surface area contributed by atoms with Crippen molar-refractivity contribution in [3.63, 3.8) is 0 Å². The summed E-state index contributed by atoms with van der Waals surface area (Å²) in [5, 5.41) is 0. The molecule has 0 unspecified atom stereocenters. The Morgan fingerprint density at radius 1 is 0.923 bits per heavy atom. The van der Waals surface area contributed by atoms with Crippen molar-refractivity contribution in [2.24, 2.45) is 0 Å². The first kappa shape index (κ1) is 14.7. The van der Waals surface area contributed by atoms with Crippen LogP contribution in [-0.4, -0.2) is 0 Å². The number of allylic oxidation sites excluding steroid dienone is 6. The zero-order valence-electron chi connectivity index (χ0n) is 10.0. The van der Waals surface area contributed by atoms with Crippen LogP contribution in [0.2, 0.25) is 0 Å². The Labute approximate surface area is 84.1 Å². The van der Waals surface area contributed by atoms with Gasteiger partial charge in [0, 0.05) is 0 Å². The van der Waals surface area contributed by atoms with E-state index in [1.165, 1.54) is 11.1 Å². The molecular weight excluding hydrogens is 156 g/mol. The molecule has 0 amide bonds. The minimum atomic E-state index is 1.08. The molecule has 0 aromatic rings. The van der Waals surface area contributed by atoms with Crippen molar-refractivity contribution in [1.82, 2.24) is 0 Å². The molecule has 1 rings (SSSR count). The topological polar surface area (TPSA) is 0 Å². The summed E-state index contributed by atoms with van der Waals surface area (Å²) in [6.07, 6.45) is 9.76. The Balaban J connectivity index is 0. The first-order valence-corrected chi connectivity index (χ1v) is 5.31. The van der Waals surface area contributed by atoms with Crippen molar-refractivity contribution >= 4 is 0 Å². The van der Waals surface area contributed by atoms with Gasteiger partial charge in [0.05, 0.1) is 0 Å². The van der Waals surface area contributed by atoms with Crippen molar-refractivity contribution in [2.75, 3.05) is 0 Å². The molecule has 0 radical (unpaired) electrons. The van der Waals surface area contributed by atoms with Crippen molar-refractivity contribution in [2.45, 2.75) is 48.0 Å². The maximum atomic E-state index is 2.25. The van der Waals surface area contributed by atoms with Gasteiger partial charge in [0.15, 0.2) is 0 Å². The van der Waals surface area contributed by atoms with Crippen LogP contribution >= 0.6 is 0 Å². The number of rotatable bonds is 0. The third kappa shape index (κ3) is 7.58. The third-order valence-electron chi connectivity index (χ3n) is 1.66. The van der Waals surface area contributed by atoms with Gasteiger partial charge in [0.1, 0.15) is 0 Å². The van der Waals surface area contributed by atoms with Crippen LogP contribution in [0, 0.1) is 0 Å². The zero-order valence-corrected chi connectivity index (χ0v) is 10.0. The Morgan fingerprint density at radius 2 is 1.46 bits per heavy atom. The van der Waals surface area contributed by atoms with E-state index in [9.17, 15) is 0 Å². The highest BCUT2D eigenvalue weighted by Gasteiger charge is 1.91. The van der Waals surface area contributed by atoms with Gasteiger partial charge in [-0.3, -0.25) is 0 Å². The lowest BCUT2D eigenvalue weighted by Crippen LogP contribution is -1.74. The smallest absolute Gasteiger partial charge is 0.0160 e. The summed E-state index contributed by atoms with van der Waals surface area (Å²) in [5.74, 6) is 0. The molecule has 0 heterocycles. The minimum Gasteiger partial charge on any atom is -0.0807 e. The second-order valence-corrected chi connectivity index (χ2v) is 2.40. The minimum absolute atomic E-state index is 1.08. The molecule has 0 aliphatic heterocycles. The maximum Gasteiger partial charge on any atom is -0.0160 e. The molecule has 0 spiro atoms. The van der Waals surface area contributed by atoms with E-state index < -0.39 is 0 Å². The third-order valence-corrected chi connectivity index (χ3v) is 1.66. The highest BCUT2D eigenvalue weighted by Crippen LogP contribution is 2.11. The highest BCUT2D eigenvalue weighted by atomic mass is 14.0. The second kappa shape index (κ2) is 11.2. The van der Waals surface area contributed by atoms with Gasteiger partial charge in [0.2, 0.25) is 0 Å². The Morgan fingerprint density at radius 3 is 2.00 bits per heavy atom. The van der Waals surface area contributed by atoms with Gasteiger partial charge in [-0.05, 0) is 25.8 Å². The van der Waals surface area contributed by atoms with Crippen molar-refractivity contribution < 1.29 is 0 Å². The van der Waals surface area contributed by atoms with E-state index in [-0.39, 0.29) is 0 Å². The van der Waals surface area contributed by atoms with E-state index in [0.29, 0.717) is 0 Å². The van der Waals surface area contributed by atoms with Crippen LogP contribution in [0.4, 0.5) is 0 Å². The predicted molar refractivity (Wildman–Crippen MR) is 64.0 cm³/mol. The molecular formula is C13H24. The quantitative estimate of drug-likeness (QED) is 0.498. The van der Waals surface area contributed by atoms with E-state index in [2.05, 4.69) is 38.2 Å². The zero-order chi connectivity index (χ0) is 10.7. The Kier molecular flexibility index (Phi) is 12.7. The first-order valence-electron chi connectivity index (χ1n) is 5.31. The fraction of sp³-hybridized carbons (Fsp3) is 0.538. The van der Waals surface area contributed by atoms with E-state index in [1.807, 2.05) is 27.7 Å². The van der Waals surface area contributed by atoms with Crippen molar-refractivity contribution in [3.05, 3.63) is 35.5 Å². The standard InChI is InChI=1S/C9H12.2C2H6/c1-8-6-4-3-5-7-9(8)2;2*1-2/h3-4,6-7H,5H2,1-2H3;2*1-2H3. The van der Waals surface area contributed by atoms with Crippen LogP contribution in [0.15, 0.2) is 35.5 Å². The van der Waals surface area contributed by atoms with Crippen molar-refractivity contribution in [1.29, 1.82) is 0 Å². The largest absolute Gasteiger partial charge is 0.0807 e. The summed E-state index contributed by atoms with van der Waals surface area (Å²) >= 11 is 0. The van der Waals surface area contributed by atoms with Crippen molar-refractivity contribution in [3.8, 4) is 0 Å². The summed E-state index contributed by atoms with van der Waals surface area (Å²) in [7, 11) is 0. The van der Waals surface area contributed by atoms with Crippen LogP contribution in [-0.2, 0) is 0 Å². The maximum absolute atomic E-state index is 2.25. The summed E-state index contributed by atoms with van der Waals surface area (Å²) in [6.45, 7) is 12.3. The Bertz CT molecular complexity index is 180. The lowest BCUT2D eigenvalue weighted by Gasteiger charge is -1.95. The molecule has 0 bridgehead atoms. The number of hydrogen-bond acceptors (Lipinski definition) is 0. The van der Waals surface area contributed by atoms with Gasteiger partial charge >= 0.3 is 0 Å². The number of hydrogen-bond donors (Lipinski definition) is 0. The molecule has 13 heavy (non-hydrogen) atoms. The molecule has 1 aliphatic rings. The Hall–Kier alpha value is -0.780. The van der Waals surface area contributed by atoms with Crippen LogP contribution in [0.3, 0.4) is 0 Å². The van der Waals surface area contributed by atoms with Gasteiger partial charge in [-0.25, -0.2) is 0 Å². The van der Waals surface area contributed by atoms with Crippen LogP contribution < -0.4 is 0 Å². The van der Waals surface area contributed by atoms with Gasteiger partial charge < -0.3 is 0 Å². The van der Waals surface area contributed by atoms with Gasteiger partial charge in [0.25, 0.3) is 0 Å². The van der Waals surface area contributed by atoms with E-state index >= 15 is 0 Å². The monoisotopic (exact) mass is 180 g/mol. The fourth-order valence-electron chi connectivity index (χ4n) is 0.828. The fourth-order valence-corrected chi connectivity index (χ4v) is 0.828. The normalized spacial score (nSPS) is 13.7. The average molecular weight is 180 g/mol. The lowest BCUT2D eigenvalue weighted by atomic mass is 10.1. The molecule has 0 heteroatoms. The van der Waals surface area contributed by atoms with Crippen LogP contribution in [0.5, 0.6) is 0 Å². The van der Waals surface area contributed by atoms with E-state index in [0.717, 1.165) is 6.42 Å². The molecule has 0 fully saturated rings. The van der Waals surface area contributed by atoms with Gasteiger partial charge in [-0.2, -0.15) is 0 Å². The predicted octanol–water partition coefficient (Wildman–Crippen LogP) is 4.89. The summed E-state index contributed by atoms with van der Waals surface area (Å²) in [6, 6.07) is 0. The average Bonchev–Trinajstić information content (AvgIpc) is 2.39. The molecule has 0 aromatic carbocycles. The molecule has 76 valence electrons. The van der Waals surface area contributed by atoms with Crippen LogP contribution in [0.25, 0.3) is 0 Å². The van der Waals surface area contributed by atoms with E-state index in [1.54, 1.807) is 0 Å². The van der Waals surface area contributed by atoms with E-state index in [4.69, 9.17) is 0 Å². The molecule has 0 N–H and O–H groups in total. The van der Waals surface area contributed by atoms with Crippen LogP contribution in [0.1, 0.15) is 48.0 Å². The second-order valence-electron chi connectivity index (χ2n) is 2.40. The SMILES string of the molecule is CC.CC.CC1=CC=CCC=C1C. The molecule has 0 saturated carbocycles. The molecule has 0 aromatic heterocycles. The first-order chi connectivity index (χ1) is 6.30. The van der Waals surface area contributed by atoms with Gasteiger partial charge in [-0.1, -0.05) is 57.6 Å². The highest BCUT2D eigenvalue weighted by molar-refractivity contribution is 5.32. The van der Waals surface area contributed by atoms with Gasteiger partial charge in [-0.15, -0.1) is 0 Å². The molecule has 0 atom stereocenters. The molecule has 0 saturated heterocycles.